The molecular formula is C24H25N3O. The van der Waals surface area contributed by atoms with Crippen molar-refractivity contribution in [2.75, 3.05) is 24.6 Å². The van der Waals surface area contributed by atoms with Crippen LogP contribution in [0.3, 0.4) is 0 Å². The maximum atomic E-state index is 9.09. The summed E-state index contributed by atoms with van der Waals surface area (Å²) in [6, 6.07) is 17.1. The Morgan fingerprint density at radius 1 is 0.857 bits per heavy atom. The molecule has 0 saturated heterocycles. The van der Waals surface area contributed by atoms with E-state index in [1.54, 1.807) is 0 Å². The number of benzene rings is 2. The van der Waals surface area contributed by atoms with Gasteiger partial charge in [0, 0.05) is 37.3 Å². The van der Waals surface area contributed by atoms with Gasteiger partial charge in [0.1, 0.15) is 0 Å². The molecule has 0 fully saturated rings. The first kappa shape index (κ1) is 18.3. The monoisotopic (exact) mass is 371 g/mol. The van der Waals surface area contributed by atoms with E-state index >= 15 is 0 Å². The molecule has 0 spiro atoms. The van der Waals surface area contributed by atoms with Gasteiger partial charge in [-0.2, -0.15) is 5.10 Å². The van der Waals surface area contributed by atoms with Crippen LogP contribution in [0.25, 0.3) is 12.2 Å². The molecule has 4 rings (SSSR count). The predicted octanol–water partition coefficient (Wildman–Crippen LogP) is 4.82. The van der Waals surface area contributed by atoms with Crippen LogP contribution in [-0.4, -0.2) is 36.0 Å². The van der Waals surface area contributed by atoms with Crippen LogP contribution in [0, 0.1) is 0 Å². The minimum Gasteiger partial charge on any atom is -0.396 e. The smallest absolute Gasteiger partial charge is 0.0507 e. The van der Waals surface area contributed by atoms with Crippen molar-refractivity contribution in [3.8, 4) is 0 Å². The molecule has 0 aliphatic carbocycles. The van der Waals surface area contributed by atoms with E-state index in [0.29, 0.717) is 6.42 Å². The molecule has 2 aliphatic heterocycles. The molecule has 0 unspecified atom stereocenters. The zero-order valence-electron chi connectivity index (χ0n) is 15.9. The van der Waals surface area contributed by atoms with Gasteiger partial charge in [0.15, 0.2) is 0 Å². The summed E-state index contributed by atoms with van der Waals surface area (Å²) in [6.45, 7) is 1.89. The fraction of sp³-hybridized carbons (Fsp3) is 0.208. The van der Waals surface area contributed by atoms with Gasteiger partial charge < -0.3 is 10.0 Å². The SMILES string of the molecule is OCCC1=CC=CN(CCCN2c3ccccc3C=Cc3ccccc32)N=C1. The van der Waals surface area contributed by atoms with Crippen LogP contribution in [0.5, 0.6) is 0 Å². The third-order valence-corrected chi connectivity index (χ3v) is 5.01. The Hall–Kier alpha value is -3.11. The van der Waals surface area contributed by atoms with E-state index in [1.807, 2.05) is 29.6 Å². The predicted molar refractivity (Wildman–Crippen MR) is 118 cm³/mol. The standard InChI is InChI=1S/C24H25N3O/c28-18-14-20-7-5-15-26(25-19-20)16-6-17-27-23-10-3-1-8-21(23)12-13-22-9-2-4-11-24(22)27/h1-5,7-13,15,19,28H,6,14,16-18H2. The summed E-state index contributed by atoms with van der Waals surface area (Å²) in [6.07, 6.45) is 13.8. The molecule has 4 nitrogen and oxygen atoms in total. The lowest BCUT2D eigenvalue weighted by Crippen LogP contribution is -2.23. The number of fused-ring (bicyclic) bond motifs is 2. The quantitative estimate of drug-likeness (QED) is 0.791. The third kappa shape index (κ3) is 4.07. The maximum Gasteiger partial charge on any atom is 0.0507 e. The number of rotatable bonds is 6. The second kappa shape index (κ2) is 8.72. The first-order valence-electron chi connectivity index (χ1n) is 9.78. The Bertz CT molecular complexity index is 893. The van der Waals surface area contributed by atoms with Gasteiger partial charge in [-0.05, 0) is 47.8 Å². The summed E-state index contributed by atoms with van der Waals surface area (Å²) in [4.78, 5) is 2.41. The highest BCUT2D eigenvalue weighted by molar-refractivity contribution is 5.88. The lowest BCUT2D eigenvalue weighted by Gasteiger charge is -2.27. The highest BCUT2D eigenvalue weighted by Gasteiger charge is 2.17. The lowest BCUT2D eigenvalue weighted by molar-refractivity contribution is 0.301. The summed E-state index contributed by atoms with van der Waals surface area (Å²) in [5.41, 5.74) is 6.01. The highest BCUT2D eigenvalue weighted by atomic mass is 16.2. The van der Waals surface area contributed by atoms with Crippen molar-refractivity contribution in [1.29, 1.82) is 0 Å². The highest BCUT2D eigenvalue weighted by Crippen LogP contribution is 2.36. The van der Waals surface area contributed by atoms with E-state index in [-0.39, 0.29) is 6.61 Å². The van der Waals surface area contributed by atoms with Crippen LogP contribution in [0.2, 0.25) is 0 Å². The molecule has 0 amide bonds. The Morgan fingerprint density at radius 3 is 2.21 bits per heavy atom. The number of hydrogen-bond acceptors (Lipinski definition) is 4. The lowest BCUT2D eigenvalue weighted by atomic mass is 10.1. The maximum absolute atomic E-state index is 9.09. The molecule has 2 aromatic rings. The van der Waals surface area contributed by atoms with E-state index in [1.165, 1.54) is 22.5 Å². The largest absolute Gasteiger partial charge is 0.396 e. The Kier molecular flexibility index (Phi) is 5.69. The molecule has 2 heterocycles. The van der Waals surface area contributed by atoms with Gasteiger partial charge in [-0.15, -0.1) is 0 Å². The van der Waals surface area contributed by atoms with E-state index in [9.17, 15) is 0 Å². The minimum atomic E-state index is 0.146. The van der Waals surface area contributed by atoms with Gasteiger partial charge in [-0.25, -0.2) is 0 Å². The number of para-hydroxylation sites is 2. The zero-order chi connectivity index (χ0) is 19.2. The molecule has 28 heavy (non-hydrogen) atoms. The number of hydrogen-bond donors (Lipinski definition) is 1. The number of anilines is 2. The van der Waals surface area contributed by atoms with Crippen molar-refractivity contribution in [3.63, 3.8) is 0 Å². The van der Waals surface area contributed by atoms with E-state index in [4.69, 9.17) is 5.11 Å². The molecule has 2 aliphatic rings. The molecule has 0 bridgehead atoms. The second-order valence-corrected chi connectivity index (χ2v) is 6.92. The van der Waals surface area contributed by atoms with Crippen LogP contribution in [0.4, 0.5) is 11.4 Å². The van der Waals surface area contributed by atoms with Crippen molar-refractivity contribution in [2.45, 2.75) is 12.8 Å². The summed E-state index contributed by atoms with van der Waals surface area (Å²) in [5, 5.41) is 15.6. The molecule has 0 saturated carbocycles. The molecule has 1 N–H and O–H groups in total. The van der Waals surface area contributed by atoms with E-state index < -0.39 is 0 Å². The molecule has 2 aromatic carbocycles. The van der Waals surface area contributed by atoms with Crippen LogP contribution < -0.4 is 4.90 Å². The number of aliphatic hydroxyl groups is 1. The Labute approximate surface area is 166 Å². The van der Waals surface area contributed by atoms with Crippen LogP contribution >= 0.6 is 0 Å². The van der Waals surface area contributed by atoms with Crippen LogP contribution in [-0.2, 0) is 0 Å². The zero-order valence-corrected chi connectivity index (χ0v) is 15.9. The Morgan fingerprint density at radius 2 is 1.54 bits per heavy atom. The fourth-order valence-corrected chi connectivity index (χ4v) is 3.59. The number of aliphatic hydroxyl groups excluding tert-OH is 1. The van der Waals surface area contributed by atoms with Gasteiger partial charge in [0.05, 0.1) is 6.21 Å². The number of hydrazone groups is 1. The minimum absolute atomic E-state index is 0.146. The Balaban J connectivity index is 1.48. The fourth-order valence-electron chi connectivity index (χ4n) is 3.59. The molecule has 142 valence electrons. The topological polar surface area (TPSA) is 39.1 Å². The van der Waals surface area contributed by atoms with E-state index in [2.05, 4.69) is 70.7 Å². The van der Waals surface area contributed by atoms with Gasteiger partial charge in [-0.3, -0.25) is 5.01 Å². The summed E-state index contributed by atoms with van der Waals surface area (Å²) in [7, 11) is 0. The van der Waals surface area contributed by atoms with Gasteiger partial charge in [0.25, 0.3) is 0 Å². The second-order valence-electron chi connectivity index (χ2n) is 6.92. The van der Waals surface area contributed by atoms with Crippen molar-refractivity contribution in [1.82, 2.24) is 5.01 Å². The van der Waals surface area contributed by atoms with E-state index in [0.717, 1.165) is 25.1 Å². The van der Waals surface area contributed by atoms with Gasteiger partial charge in [-0.1, -0.05) is 54.6 Å². The van der Waals surface area contributed by atoms with Gasteiger partial charge >= 0.3 is 0 Å². The first-order chi connectivity index (χ1) is 13.8. The molecule has 0 radical (unpaired) electrons. The average Bonchev–Trinajstić information content (AvgIpc) is 3.04. The molecule has 4 heteroatoms. The van der Waals surface area contributed by atoms with Crippen LogP contribution in [0.15, 0.2) is 77.6 Å². The summed E-state index contributed by atoms with van der Waals surface area (Å²) >= 11 is 0. The molecule has 0 atom stereocenters. The van der Waals surface area contributed by atoms with Crippen molar-refractivity contribution in [3.05, 3.63) is 83.6 Å². The van der Waals surface area contributed by atoms with Crippen LogP contribution in [0.1, 0.15) is 24.0 Å². The molecular weight excluding hydrogens is 346 g/mol. The average molecular weight is 371 g/mol. The first-order valence-corrected chi connectivity index (χ1v) is 9.78. The number of allylic oxidation sites excluding steroid dienone is 2. The summed E-state index contributed by atoms with van der Waals surface area (Å²) < 4.78 is 0. The molecule has 0 aromatic heterocycles. The third-order valence-electron chi connectivity index (χ3n) is 5.01. The van der Waals surface area contributed by atoms with Crippen molar-refractivity contribution >= 4 is 29.7 Å². The van der Waals surface area contributed by atoms with Crippen molar-refractivity contribution < 1.29 is 5.11 Å². The normalized spacial score (nSPS) is 15.0. The van der Waals surface area contributed by atoms with Crippen molar-refractivity contribution in [2.24, 2.45) is 5.10 Å². The summed E-state index contributed by atoms with van der Waals surface area (Å²) in [5.74, 6) is 0. The van der Waals surface area contributed by atoms with Gasteiger partial charge in [0.2, 0.25) is 0 Å². The number of nitrogens with zero attached hydrogens (tertiary/aromatic N) is 3.